The van der Waals surface area contributed by atoms with Crippen molar-refractivity contribution in [1.29, 1.82) is 0 Å². The molecule has 6 heteroatoms. The van der Waals surface area contributed by atoms with E-state index in [9.17, 15) is 4.57 Å². The van der Waals surface area contributed by atoms with Gasteiger partial charge in [0.2, 0.25) is 0 Å². The molecule has 0 aliphatic heterocycles. The molecule has 0 bridgehead atoms. The van der Waals surface area contributed by atoms with Crippen molar-refractivity contribution in [2.24, 2.45) is 5.16 Å². The first-order valence-electron chi connectivity index (χ1n) is 4.13. The molecule has 0 amide bonds. The molecule has 0 radical (unpaired) electrons. The maximum absolute atomic E-state index is 11.5. The minimum atomic E-state index is -3.46. The fourth-order valence-electron chi connectivity index (χ4n) is 0.532. The highest BCUT2D eigenvalue weighted by Crippen LogP contribution is 2.49. The normalized spacial score (nSPS) is 11.1. The highest BCUT2D eigenvalue weighted by Gasteiger charge is 2.26. The van der Waals surface area contributed by atoms with Gasteiger partial charge in [0.05, 0.1) is 18.9 Å². The summed E-state index contributed by atoms with van der Waals surface area (Å²) in [5, 5.41) is 3.54. The van der Waals surface area contributed by atoms with Gasteiger partial charge in [0.25, 0.3) is 0 Å². The molecular weight excluding hydrogens is 193 g/mol. The maximum Gasteiger partial charge on any atom is 0.550 e. The molecule has 78 valence electrons. The average Bonchev–Trinajstić information content (AvgIpc) is 2.02. The van der Waals surface area contributed by atoms with E-state index < -0.39 is 7.82 Å². The summed E-state index contributed by atoms with van der Waals surface area (Å²) in [6, 6.07) is 0. The summed E-state index contributed by atoms with van der Waals surface area (Å²) >= 11 is 0. The number of phosphoric ester groups is 1. The van der Waals surface area contributed by atoms with E-state index in [1.165, 1.54) is 0 Å². The van der Waals surface area contributed by atoms with Gasteiger partial charge in [0.1, 0.15) is 0 Å². The Bertz CT molecular complexity index is 203. The van der Waals surface area contributed by atoms with E-state index in [0.717, 1.165) is 0 Å². The Labute approximate surface area is 78.7 Å². The van der Waals surface area contributed by atoms with Crippen LogP contribution in [0.25, 0.3) is 0 Å². The second kappa shape index (κ2) is 6.13. The smallest absolute Gasteiger partial charge is 0.292 e. The van der Waals surface area contributed by atoms with Crippen LogP contribution in [0.1, 0.15) is 27.7 Å². The Morgan fingerprint density at radius 2 is 1.69 bits per heavy atom. The van der Waals surface area contributed by atoms with Crippen LogP contribution in [0.3, 0.4) is 0 Å². The van der Waals surface area contributed by atoms with E-state index in [1.807, 2.05) is 0 Å². The van der Waals surface area contributed by atoms with E-state index in [-0.39, 0.29) is 13.2 Å². The third kappa shape index (κ3) is 5.80. The Hall–Kier alpha value is -0.380. The van der Waals surface area contributed by atoms with E-state index >= 15 is 0 Å². The van der Waals surface area contributed by atoms with Crippen molar-refractivity contribution in [3.8, 4) is 0 Å². The van der Waals surface area contributed by atoms with Crippen LogP contribution in [-0.4, -0.2) is 18.9 Å². The minimum absolute atomic E-state index is 0.259. The van der Waals surface area contributed by atoms with E-state index in [4.69, 9.17) is 9.05 Å². The second-order valence-corrected chi connectivity index (χ2v) is 3.98. The summed E-state index contributed by atoms with van der Waals surface area (Å²) in [6.45, 7) is 7.38. The van der Waals surface area contributed by atoms with Crippen molar-refractivity contribution in [2.45, 2.75) is 27.7 Å². The maximum atomic E-state index is 11.5. The van der Waals surface area contributed by atoms with Gasteiger partial charge in [-0.15, -0.1) is 0 Å². The van der Waals surface area contributed by atoms with Gasteiger partial charge in [0.15, 0.2) is 0 Å². The fraction of sp³-hybridized carbons (Fsp3) is 0.857. The molecule has 0 aromatic carbocycles. The first kappa shape index (κ1) is 12.6. The molecule has 0 spiro atoms. The highest BCUT2D eigenvalue weighted by atomic mass is 31.2. The molecule has 5 nitrogen and oxygen atoms in total. The third-order valence-corrected chi connectivity index (χ3v) is 2.33. The summed E-state index contributed by atoms with van der Waals surface area (Å²) in [4.78, 5) is 0. The SMILES string of the molecule is CCOP(=O)(OCC)ON=C(C)C. The lowest BCUT2D eigenvalue weighted by molar-refractivity contribution is 0.125. The van der Waals surface area contributed by atoms with Crippen LogP contribution in [0.15, 0.2) is 5.16 Å². The highest BCUT2D eigenvalue weighted by molar-refractivity contribution is 7.48. The van der Waals surface area contributed by atoms with Gasteiger partial charge >= 0.3 is 7.82 Å². The molecule has 0 fully saturated rings. The molecule has 0 unspecified atom stereocenters. The number of hydrogen-bond acceptors (Lipinski definition) is 5. The van der Waals surface area contributed by atoms with E-state index in [1.54, 1.807) is 27.7 Å². The Morgan fingerprint density at radius 3 is 2.00 bits per heavy atom. The van der Waals surface area contributed by atoms with Crippen LogP contribution >= 0.6 is 7.82 Å². The van der Waals surface area contributed by atoms with Gasteiger partial charge in [-0.05, 0) is 27.7 Å². The first-order chi connectivity index (χ1) is 6.04. The van der Waals surface area contributed by atoms with Crippen molar-refractivity contribution < 1.29 is 18.2 Å². The molecule has 0 N–H and O–H groups in total. The second-order valence-electron chi connectivity index (χ2n) is 2.40. The van der Waals surface area contributed by atoms with Gasteiger partial charge in [-0.25, -0.2) is 4.57 Å². The molecule has 0 saturated carbocycles. The van der Waals surface area contributed by atoms with Crippen LogP contribution in [0.2, 0.25) is 0 Å². The van der Waals surface area contributed by atoms with Gasteiger partial charge in [-0.2, -0.15) is 0 Å². The van der Waals surface area contributed by atoms with Crippen LogP contribution in [0.4, 0.5) is 0 Å². The Balaban J connectivity index is 4.24. The molecule has 0 atom stereocenters. The summed E-state index contributed by atoms with van der Waals surface area (Å²) in [6.07, 6.45) is 0. The van der Waals surface area contributed by atoms with Crippen LogP contribution in [-0.2, 0) is 18.2 Å². The molecular formula is C7H16NO4P. The number of hydrogen-bond donors (Lipinski definition) is 0. The predicted octanol–water partition coefficient (Wildman–Crippen LogP) is 2.58. The standard InChI is InChI=1S/C7H16NO4P/c1-5-10-13(9,11-6-2)12-8-7(3)4/h5-6H2,1-4H3. The quantitative estimate of drug-likeness (QED) is 0.383. The predicted molar refractivity (Wildman–Crippen MR) is 50.7 cm³/mol. The van der Waals surface area contributed by atoms with Crippen molar-refractivity contribution in [2.75, 3.05) is 13.2 Å². The molecule has 0 rings (SSSR count). The van der Waals surface area contributed by atoms with Crippen LogP contribution in [0.5, 0.6) is 0 Å². The van der Waals surface area contributed by atoms with E-state index in [2.05, 4.69) is 9.78 Å². The van der Waals surface area contributed by atoms with Crippen LogP contribution in [0, 0.1) is 0 Å². The molecule has 0 aliphatic carbocycles. The van der Waals surface area contributed by atoms with Crippen molar-refractivity contribution >= 4 is 13.5 Å². The lowest BCUT2D eigenvalue weighted by Gasteiger charge is -2.12. The van der Waals surface area contributed by atoms with Crippen LogP contribution < -0.4 is 0 Å². The molecule has 0 aromatic heterocycles. The fourth-order valence-corrected chi connectivity index (χ4v) is 1.60. The minimum Gasteiger partial charge on any atom is -0.292 e. The zero-order valence-corrected chi connectivity index (χ0v) is 9.34. The van der Waals surface area contributed by atoms with Gasteiger partial charge in [-0.3, -0.25) is 13.7 Å². The topological polar surface area (TPSA) is 57.1 Å². The number of phosphoric acid groups is 1. The van der Waals surface area contributed by atoms with Gasteiger partial charge < -0.3 is 0 Å². The monoisotopic (exact) mass is 209 g/mol. The lowest BCUT2D eigenvalue weighted by Crippen LogP contribution is -1.97. The molecule has 0 aromatic rings. The molecule has 0 saturated heterocycles. The zero-order valence-electron chi connectivity index (χ0n) is 8.44. The third-order valence-electron chi connectivity index (χ3n) is 0.898. The van der Waals surface area contributed by atoms with E-state index in [0.29, 0.717) is 5.71 Å². The number of oxime groups is 1. The summed E-state index contributed by atoms with van der Waals surface area (Å²) in [7, 11) is -3.46. The Kier molecular flexibility index (Phi) is 5.95. The zero-order chi connectivity index (χ0) is 10.3. The lowest BCUT2D eigenvalue weighted by atomic mass is 10.5. The van der Waals surface area contributed by atoms with Crippen molar-refractivity contribution in [1.82, 2.24) is 0 Å². The van der Waals surface area contributed by atoms with Crippen molar-refractivity contribution in [3.63, 3.8) is 0 Å². The molecule has 0 aliphatic rings. The summed E-state index contributed by atoms with van der Waals surface area (Å²) in [5.41, 5.74) is 0.652. The average molecular weight is 209 g/mol. The number of nitrogens with zero attached hydrogens (tertiary/aromatic N) is 1. The first-order valence-corrected chi connectivity index (χ1v) is 5.59. The summed E-state index contributed by atoms with van der Waals surface area (Å²) < 4.78 is 25.9. The largest absolute Gasteiger partial charge is 0.550 e. The molecule has 0 heterocycles. The Morgan fingerprint density at radius 1 is 1.23 bits per heavy atom. The molecule has 13 heavy (non-hydrogen) atoms. The summed E-state index contributed by atoms with van der Waals surface area (Å²) in [5.74, 6) is 0. The van der Waals surface area contributed by atoms with Crippen molar-refractivity contribution in [3.05, 3.63) is 0 Å². The van der Waals surface area contributed by atoms with Gasteiger partial charge in [-0.1, -0.05) is 5.16 Å². The van der Waals surface area contributed by atoms with Gasteiger partial charge in [0, 0.05) is 0 Å². The number of rotatable bonds is 6.